The number of phenolic OH excluding ortho intramolecular Hbond substituents is 1. The molecule has 54 heavy (non-hydrogen) atoms. The molecule has 0 saturated carbocycles. The number of fused-ring (bicyclic) bond motifs is 2. The Morgan fingerprint density at radius 3 is 2.13 bits per heavy atom. The molecule has 3 saturated heterocycles. The first-order valence-corrected chi connectivity index (χ1v) is 19.4. The first-order chi connectivity index (χ1) is 26.4. The number of amides is 3. The summed E-state index contributed by atoms with van der Waals surface area (Å²) in [6.45, 7) is 8.87. The van der Waals surface area contributed by atoms with Gasteiger partial charge in [-0.05, 0) is 78.3 Å². The monoisotopic (exact) mass is 727 g/mol. The second-order valence-electron chi connectivity index (χ2n) is 15.2. The van der Waals surface area contributed by atoms with Crippen molar-refractivity contribution >= 4 is 29.1 Å². The molecule has 0 aromatic heterocycles. The van der Waals surface area contributed by atoms with E-state index in [2.05, 4.69) is 92.1 Å². The third kappa shape index (κ3) is 7.94. The lowest BCUT2D eigenvalue weighted by Crippen LogP contribution is -2.49. The van der Waals surface area contributed by atoms with Crippen LogP contribution in [0.25, 0.3) is 0 Å². The van der Waals surface area contributed by atoms with Crippen LogP contribution in [0.3, 0.4) is 0 Å². The zero-order valence-corrected chi connectivity index (χ0v) is 30.7. The van der Waals surface area contributed by atoms with E-state index >= 15 is 0 Å². The van der Waals surface area contributed by atoms with Gasteiger partial charge in [0.25, 0.3) is 5.91 Å². The largest absolute Gasteiger partial charge is 0.508 e. The Morgan fingerprint density at radius 2 is 1.43 bits per heavy atom. The molecule has 280 valence electrons. The second-order valence-corrected chi connectivity index (χ2v) is 15.2. The van der Waals surface area contributed by atoms with Crippen molar-refractivity contribution in [2.24, 2.45) is 5.92 Å². The summed E-state index contributed by atoms with van der Waals surface area (Å²) in [6.07, 6.45) is 4.17. The molecule has 4 aromatic rings. The van der Waals surface area contributed by atoms with Gasteiger partial charge >= 0.3 is 0 Å². The second kappa shape index (κ2) is 15.9. The summed E-state index contributed by atoms with van der Waals surface area (Å²) in [5.74, 6) is 1.90. The van der Waals surface area contributed by atoms with Gasteiger partial charge in [0.15, 0.2) is 0 Å². The van der Waals surface area contributed by atoms with E-state index in [0.717, 1.165) is 67.6 Å². The number of hydrogen-bond donors (Lipinski definition) is 3. The van der Waals surface area contributed by atoms with E-state index in [1.54, 1.807) is 12.1 Å². The van der Waals surface area contributed by atoms with Crippen molar-refractivity contribution in [2.45, 2.75) is 50.5 Å². The number of piperidine rings is 2. The topological polar surface area (TPSA) is 114 Å². The van der Waals surface area contributed by atoms with Gasteiger partial charge in [0.2, 0.25) is 11.8 Å². The lowest BCUT2D eigenvalue weighted by Gasteiger charge is -2.40. The zero-order valence-electron chi connectivity index (χ0n) is 30.7. The highest BCUT2D eigenvalue weighted by atomic mass is 16.5. The van der Waals surface area contributed by atoms with E-state index in [0.29, 0.717) is 32.4 Å². The van der Waals surface area contributed by atoms with Gasteiger partial charge in [0.1, 0.15) is 11.5 Å². The Kier molecular flexibility index (Phi) is 10.5. The van der Waals surface area contributed by atoms with Gasteiger partial charge < -0.3 is 25.0 Å². The average Bonchev–Trinajstić information content (AvgIpc) is 3.58. The Labute approximate surface area is 317 Å². The molecule has 3 fully saturated rings. The number of carbonyl (C=O) groups is 3. The lowest BCUT2D eigenvalue weighted by atomic mass is 9.76. The highest BCUT2D eigenvalue weighted by Crippen LogP contribution is 2.47. The molecule has 0 radical (unpaired) electrons. The summed E-state index contributed by atoms with van der Waals surface area (Å²) < 4.78 is 6.16. The van der Waals surface area contributed by atoms with Crippen LogP contribution in [0.2, 0.25) is 0 Å². The van der Waals surface area contributed by atoms with E-state index in [9.17, 15) is 19.5 Å². The van der Waals surface area contributed by atoms with Crippen LogP contribution in [0.15, 0.2) is 91.0 Å². The molecule has 3 amide bonds. The van der Waals surface area contributed by atoms with Gasteiger partial charge in [-0.1, -0.05) is 48.5 Å². The first-order valence-electron chi connectivity index (χ1n) is 19.4. The van der Waals surface area contributed by atoms with Crippen molar-refractivity contribution in [2.75, 3.05) is 62.2 Å². The predicted octanol–water partition coefficient (Wildman–Crippen LogP) is 5.80. The van der Waals surface area contributed by atoms with Gasteiger partial charge in [0, 0.05) is 106 Å². The van der Waals surface area contributed by atoms with Crippen LogP contribution in [0.5, 0.6) is 11.5 Å². The maximum atomic E-state index is 11.9. The molecule has 5 aliphatic heterocycles. The van der Waals surface area contributed by atoms with Crippen LogP contribution in [-0.2, 0) is 16.1 Å². The predicted molar refractivity (Wildman–Crippen MR) is 209 cm³/mol. The van der Waals surface area contributed by atoms with Crippen molar-refractivity contribution in [1.29, 1.82) is 0 Å². The quantitative estimate of drug-likeness (QED) is 0.214. The highest BCUT2D eigenvalue weighted by Gasteiger charge is 2.34. The number of nitrogens with one attached hydrogen (secondary N) is 2. The number of rotatable bonds is 6. The first kappa shape index (κ1) is 35.7. The van der Waals surface area contributed by atoms with Crippen LogP contribution in [0.4, 0.5) is 11.4 Å². The van der Waals surface area contributed by atoms with Crippen LogP contribution in [-0.4, -0.2) is 80.1 Å². The Bertz CT molecular complexity index is 1960. The molecule has 10 nitrogen and oxygen atoms in total. The third-order valence-corrected chi connectivity index (χ3v) is 11.7. The number of hydrogen-bond acceptors (Lipinski definition) is 8. The molecule has 4 aromatic carbocycles. The summed E-state index contributed by atoms with van der Waals surface area (Å²) in [5.41, 5.74) is 8.19. The van der Waals surface area contributed by atoms with Gasteiger partial charge in [-0.15, -0.1) is 0 Å². The number of anilines is 2. The fourth-order valence-electron chi connectivity index (χ4n) is 8.72. The molecule has 3 N–H and O–H groups in total. The van der Waals surface area contributed by atoms with Crippen LogP contribution >= 0.6 is 0 Å². The maximum Gasteiger partial charge on any atom is 0.251 e. The van der Waals surface area contributed by atoms with Gasteiger partial charge in [-0.3, -0.25) is 24.6 Å². The maximum absolute atomic E-state index is 11.9. The number of carbonyl (C=O) groups excluding carboxylic acids is 3. The fourth-order valence-corrected chi connectivity index (χ4v) is 8.72. The molecule has 10 heteroatoms. The Balaban J connectivity index is 0.000000461. The third-order valence-electron chi connectivity index (χ3n) is 11.7. The minimum atomic E-state index is -0.138. The number of imide groups is 1. The molecule has 0 aliphatic carbocycles. The Morgan fingerprint density at radius 1 is 0.722 bits per heavy atom. The minimum Gasteiger partial charge on any atom is -0.508 e. The summed E-state index contributed by atoms with van der Waals surface area (Å²) in [6, 6.07) is 31.7. The molecule has 0 bridgehead atoms. The molecule has 2 atom stereocenters. The van der Waals surface area contributed by atoms with E-state index in [1.165, 1.54) is 41.9 Å². The number of benzene rings is 4. The molecule has 1 unspecified atom stereocenters. The average molecular weight is 728 g/mol. The molecular formula is C44H49N5O5. The van der Waals surface area contributed by atoms with E-state index in [1.807, 2.05) is 12.1 Å². The van der Waals surface area contributed by atoms with Crippen LogP contribution in [0, 0.1) is 5.92 Å². The van der Waals surface area contributed by atoms with Gasteiger partial charge in [0.05, 0.1) is 6.61 Å². The number of phenols is 1. The summed E-state index contributed by atoms with van der Waals surface area (Å²) in [4.78, 5) is 40.3. The van der Waals surface area contributed by atoms with E-state index in [4.69, 9.17) is 4.74 Å². The Hall–Kier alpha value is -5.35. The number of ether oxygens (including phenoxy) is 1. The van der Waals surface area contributed by atoms with Gasteiger partial charge in [-0.25, -0.2) is 0 Å². The van der Waals surface area contributed by atoms with Crippen molar-refractivity contribution in [3.05, 3.63) is 119 Å². The lowest BCUT2D eigenvalue weighted by molar-refractivity contribution is -0.132. The van der Waals surface area contributed by atoms with Crippen molar-refractivity contribution in [3.63, 3.8) is 0 Å². The molecule has 5 aliphatic rings. The summed E-state index contributed by atoms with van der Waals surface area (Å²) >= 11 is 0. The fraction of sp³-hybridized carbons (Fsp3) is 0.386. The smallest absolute Gasteiger partial charge is 0.251 e. The molecule has 9 rings (SSSR count). The van der Waals surface area contributed by atoms with E-state index in [-0.39, 0.29) is 35.3 Å². The van der Waals surface area contributed by atoms with Gasteiger partial charge in [-0.2, -0.15) is 0 Å². The molecular weight excluding hydrogens is 679 g/mol. The normalized spacial score (nSPS) is 21.6. The van der Waals surface area contributed by atoms with Crippen molar-refractivity contribution in [1.82, 2.24) is 15.5 Å². The minimum absolute atomic E-state index is 0.0510. The SMILES string of the molecule is O=C1CCCC(=O)N1.O=C1NCc2cc(N3CCN(CC4CCN(c5ccc([C@@H]6c7ccc(O)cc7OCC6c6ccccc6)cc5)CC4)CC3)ccc21. The van der Waals surface area contributed by atoms with Crippen LogP contribution in [0.1, 0.15) is 76.6 Å². The van der Waals surface area contributed by atoms with Crippen LogP contribution < -0.4 is 25.2 Å². The molecule has 0 spiro atoms. The molecule has 5 heterocycles. The van der Waals surface area contributed by atoms with Crippen molar-refractivity contribution < 1.29 is 24.2 Å². The zero-order chi connectivity index (χ0) is 37.0. The van der Waals surface area contributed by atoms with E-state index < -0.39 is 0 Å². The summed E-state index contributed by atoms with van der Waals surface area (Å²) in [5, 5.41) is 15.2. The highest BCUT2D eigenvalue weighted by molar-refractivity contribution is 5.99. The number of piperazine rings is 1. The van der Waals surface area contributed by atoms with Crippen molar-refractivity contribution in [3.8, 4) is 11.5 Å². The number of nitrogens with zero attached hydrogens (tertiary/aromatic N) is 3. The standard InChI is InChI=1S/C39H42N4O3.C5H7NO2/c44-33-11-13-35-37(23-33)46-26-36(28-4-2-1-3-5-28)38(35)29-6-8-31(9-7-29)42-16-14-27(15-17-42)25-41-18-20-43(21-19-41)32-10-12-34-30(22-32)24-40-39(34)45;7-4-2-1-3-5(8)6-4/h1-13,22-23,27,36,38,44H,14-21,24-26H2,(H,40,45);1-3H2,(H,6,7,8)/t36?,38-;/m1./s1. The number of aromatic hydroxyl groups is 1. The summed E-state index contributed by atoms with van der Waals surface area (Å²) in [7, 11) is 0.